The first kappa shape index (κ1) is 12.6. The lowest BCUT2D eigenvalue weighted by atomic mass is 10.1. The Labute approximate surface area is 106 Å². The van der Waals surface area contributed by atoms with Crippen LogP contribution in [0, 0.1) is 0 Å². The molecule has 1 aromatic carbocycles. The fourth-order valence-electron chi connectivity index (χ4n) is 1.89. The largest absolute Gasteiger partial charge is 0.353 e. The van der Waals surface area contributed by atoms with Crippen LogP contribution in [0.15, 0.2) is 30.3 Å². The summed E-state index contributed by atoms with van der Waals surface area (Å²) in [5.74, 6) is -0.165. The molecule has 0 aliphatic carbocycles. The molecule has 1 aromatic rings. The van der Waals surface area contributed by atoms with E-state index in [9.17, 15) is 9.59 Å². The Morgan fingerprint density at radius 3 is 2.72 bits per heavy atom. The average Bonchev–Trinajstić information content (AvgIpc) is 2.40. The van der Waals surface area contributed by atoms with E-state index >= 15 is 0 Å². The normalized spacial score (nSPS) is 20.9. The second-order valence-corrected chi connectivity index (χ2v) is 4.38. The monoisotopic (exact) mass is 247 g/mol. The van der Waals surface area contributed by atoms with E-state index < -0.39 is 0 Å². The molecule has 0 spiro atoms. The van der Waals surface area contributed by atoms with Crippen molar-refractivity contribution >= 4 is 11.8 Å². The molecule has 1 unspecified atom stereocenters. The van der Waals surface area contributed by atoms with E-state index in [0.29, 0.717) is 6.54 Å². The average molecular weight is 247 g/mol. The molecule has 0 aromatic heterocycles. The van der Waals surface area contributed by atoms with E-state index in [1.54, 1.807) is 0 Å². The molecule has 1 heterocycles. The second-order valence-electron chi connectivity index (χ2n) is 4.38. The molecular weight excluding hydrogens is 230 g/mol. The fourth-order valence-corrected chi connectivity index (χ4v) is 1.89. The van der Waals surface area contributed by atoms with Gasteiger partial charge in [-0.15, -0.1) is 0 Å². The summed E-state index contributed by atoms with van der Waals surface area (Å²) in [6.45, 7) is 2.47. The lowest BCUT2D eigenvalue weighted by Gasteiger charge is -2.25. The highest BCUT2D eigenvalue weighted by atomic mass is 16.2. The fraction of sp³-hybridized carbons (Fsp3) is 0.385. The van der Waals surface area contributed by atoms with Gasteiger partial charge in [-0.05, 0) is 12.5 Å². The van der Waals surface area contributed by atoms with Crippen molar-refractivity contribution in [1.82, 2.24) is 16.0 Å². The molecule has 2 rings (SSSR count). The maximum absolute atomic E-state index is 12.0. The van der Waals surface area contributed by atoms with Crippen LogP contribution < -0.4 is 16.0 Å². The van der Waals surface area contributed by atoms with Gasteiger partial charge in [-0.1, -0.05) is 30.3 Å². The standard InChI is InChI=1S/C13H17N3O2/c1-9(10-5-3-2-4-6-10)16-13(18)11-7-15-12(17)8-14-11/h2-6,9,11,14H,7-8H2,1H3,(H,15,17)(H,16,18)/t9-,11?/m0/s1. The van der Waals surface area contributed by atoms with Crippen LogP contribution in [0.5, 0.6) is 0 Å². The molecule has 5 heteroatoms. The quantitative estimate of drug-likeness (QED) is 0.701. The van der Waals surface area contributed by atoms with E-state index in [0.717, 1.165) is 5.56 Å². The molecule has 1 aliphatic heterocycles. The van der Waals surface area contributed by atoms with Gasteiger partial charge >= 0.3 is 0 Å². The molecule has 1 fully saturated rings. The van der Waals surface area contributed by atoms with Crippen molar-refractivity contribution in [3.8, 4) is 0 Å². The van der Waals surface area contributed by atoms with Crippen molar-refractivity contribution in [3.63, 3.8) is 0 Å². The van der Waals surface area contributed by atoms with Gasteiger partial charge in [0.25, 0.3) is 0 Å². The first-order valence-corrected chi connectivity index (χ1v) is 6.02. The number of amides is 2. The molecule has 3 N–H and O–H groups in total. The maximum atomic E-state index is 12.0. The summed E-state index contributed by atoms with van der Waals surface area (Å²) >= 11 is 0. The molecule has 2 amide bonds. The van der Waals surface area contributed by atoms with Gasteiger partial charge in [0, 0.05) is 6.54 Å². The van der Waals surface area contributed by atoms with E-state index in [-0.39, 0.29) is 30.4 Å². The summed E-state index contributed by atoms with van der Waals surface area (Å²) < 4.78 is 0. The number of piperazine rings is 1. The van der Waals surface area contributed by atoms with Crippen molar-refractivity contribution in [2.45, 2.75) is 19.0 Å². The van der Waals surface area contributed by atoms with Gasteiger partial charge < -0.3 is 10.6 Å². The van der Waals surface area contributed by atoms with Crippen molar-refractivity contribution < 1.29 is 9.59 Å². The molecule has 96 valence electrons. The van der Waals surface area contributed by atoms with Crippen LogP contribution in [0.25, 0.3) is 0 Å². The Morgan fingerprint density at radius 1 is 1.39 bits per heavy atom. The zero-order valence-corrected chi connectivity index (χ0v) is 10.3. The maximum Gasteiger partial charge on any atom is 0.239 e. The molecule has 2 atom stereocenters. The molecule has 0 radical (unpaired) electrons. The summed E-state index contributed by atoms with van der Waals surface area (Å²) in [6.07, 6.45) is 0. The van der Waals surface area contributed by atoms with Gasteiger partial charge in [0.1, 0.15) is 6.04 Å². The molecule has 1 saturated heterocycles. The Balaban J connectivity index is 1.89. The summed E-state index contributed by atoms with van der Waals surface area (Å²) in [4.78, 5) is 22.9. The smallest absolute Gasteiger partial charge is 0.239 e. The van der Waals surface area contributed by atoms with E-state index in [4.69, 9.17) is 0 Å². The summed E-state index contributed by atoms with van der Waals surface area (Å²) in [6, 6.07) is 9.37. The molecule has 0 saturated carbocycles. The Morgan fingerprint density at radius 2 is 2.11 bits per heavy atom. The van der Waals surface area contributed by atoms with Crippen molar-refractivity contribution in [1.29, 1.82) is 0 Å². The van der Waals surface area contributed by atoms with E-state index in [1.807, 2.05) is 37.3 Å². The number of nitrogens with one attached hydrogen (secondary N) is 3. The van der Waals surface area contributed by atoms with Gasteiger partial charge in [-0.3, -0.25) is 14.9 Å². The first-order chi connectivity index (χ1) is 8.66. The first-order valence-electron chi connectivity index (χ1n) is 6.02. The van der Waals surface area contributed by atoms with Gasteiger partial charge in [-0.2, -0.15) is 0 Å². The van der Waals surface area contributed by atoms with Gasteiger partial charge in [0.05, 0.1) is 12.6 Å². The highest BCUT2D eigenvalue weighted by molar-refractivity contribution is 5.86. The van der Waals surface area contributed by atoms with Crippen molar-refractivity contribution in [3.05, 3.63) is 35.9 Å². The van der Waals surface area contributed by atoms with Gasteiger partial charge in [0.15, 0.2) is 0 Å². The Kier molecular flexibility index (Phi) is 3.94. The van der Waals surface area contributed by atoms with Crippen molar-refractivity contribution in [2.24, 2.45) is 0 Å². The van der Waals surface area contributed by atoms with Crippen LogP contribution in [-0.2, 0) is 9.59 Å². The predicted octanol–water partition coefficient (Wildman–Crippen LogP) is -0.0482. The van der Waals surface area contributed by atoms with Crippen LogP contribution in [0.4, 0.5) is 0 Å². The Hall–Kier alpha value is -1.88. The van der Waals surface area contributed by atoms with E-state index in [2.05, 4.69) is 16.0 Å². The lowest BCUT2D eigenvalue weighted by Crippen LogP contribution is -2.58. The van der Waals surface area contributed by atoms with Crippen LogP contribution >= 0.6 is 0 Å². The highest BCUT2D eigenvalue weighted by Gasteiger charge is 2.24. The zero-order valence-electron chi connectivity index (χ0n) is 10.3. The van der Waals surface area contributed by atoms with Crippen LogP contribution in [0.1, 0.15) is 18.5 Å². The van der Waals surface area contributed by atoms with Crippen LogP contribution in [0.3, 0.4) is 0 Å². The SMILES string of the molecule is C[C@H](NC(=O)C1CNC(=O)CN1)c1ccccc1. The summed E-state index contributed by atoms with van der Waals surface area (Å²) in [7, 11) is 0. The number of hydrogen-bond acceptors (Lipinski definition) is 3. The third-order valence-corrected chi connectivity index (χ3v) is 2.99. The molecule has 18 heavy (non-hydrogen) atoms. The lowest BCUT2D eigenvalue weighted by molar-refractivity contribution is -0.127. The topological polar surface area (TPSA) is 70.2 Å². The van der Waals surface area contributed by atoms with Gasteiger partial charge in [-0.25, -0.2) is 0 Å². The number of rotatable bonds is 3. The minimum absolute atomic E-state index is 0.0434. The number of carbonyl (C=O) groups excluding carboxylic acids is 2. The minimum atomic E-state index is -0.353. The third kappa shape index (κ3) is 3.07. The molecule has 0 bridgehead atoms. The zero-order chi connectivity index (χ0) is 13.0. The molecular formula is C13H17N3O2. The third-order valence-electron chi connectivity index (χ3n) is 2.99. The van der Waals surface area contributed by atoms with Crippen LogP contribution in [-0.4, -0.2) is 30.9 Å². The Bertz CT molecular complexity index is 423. The van der Waals surface area contributed by atoms with E-state index in [1.165, 1.54) is 0 Å². The molecule has 1 aliphatic rings. The molecule has 5 nitrogen and oxygen atoms in total. The van der Waals surface area contributed by atoms with Crippen LogP contribution in [0.2, 0.25) is 0 Å². The second kappa shape index (κ2) is 5.64. The summed E-state index contributed by atoms with van der Waals surface area (Å²) in [5.41, 5.74) is 1.06. The van der Waals surface area contributed by atoms with Gasteiger partial charge in [0.2, 0.25) is 11.8 Å². The summed E-state index contributed by atoms with van der Waals surface area (Å²) in [5, 5.41) is 8.49. The number of hydrogen-bond donors (Lipinski definition) is 3. The minimum Gasteiger partial charge on any atom is -0.353 e. The highest BCUT2D eigenvalue weighted by Crippen LogP contribution is 2.11. The van der Waals surface area contributed by atoms with Crippen molar-refractivity contribution in [2.75, 3.05) is 13.1 Å². The number of benzene rings is 1. The number of carbonyl (C=O) groups is 2. The predicted molar refractivity (Wildman–Crippen MR) is 67.8 cm³/mol.